The van der Waals surface area contributed by atoms with Gasteiger partial charge in [-0.25, -0.2) is 0 Å². The fourth-order valence-electron chi connectivity index (χ4n) is 2.54. The fraction of sp³-hybridized carbons (Fsp3) is 0.571. The van der Waals surface area contributed by atoms with Crippen LogP contribution in [0.4, 0.5) is 11.4 Å². The zero-order valence-corrected chi connectivity index (χ0v) is 12.0. The quantitative estimate of drug-likeness (QED) is 0.889. The van der Waals surface area contributed by atoms with E-state index in [1.54, 1.807) is 14.2 Å². The van der Waals surface area contributed by atoms with E-state index in [0.717, 1.165) is 37.6 Å². The molecule has 0 fully saturated rings. The summed E-state index contributed by atoms with van der Waals surface area (Å²) in [5.41, 5.74) is 8.06. The Labute approximate surface area is 114 Å². The largest absolute Gasteiger partial charge is 0.493 e. The average Bonchev–Trinajstić information content (AvgIpc) is 2.58. The molecular weight excluding hydrogens is 242 g/mol. The number of methoxy groups -OCH3 is 2. The van der Waals surface area contributed by atoms with E-state index < -0.39 is 0 Å². The molecule has 106 valence electrons. The molecule has 1 aliphatic heterocycles. The zero-order valence-electron chi connectivity index (χ0n) is 12.0. The van der Waals surface area contributed by atoms with Gasteiger partial charge in [0.2, 0.25) is 0 Å². The minimum Gasteiger partial charge on any atom is -0.493 e. The maximum atomic E-state index is 5.72. The number of nitrogens with two attached hydrogens (primary N) is 1. The van der Waals surface area contributed by atoms with E-state index >= 15 is 0 Å². The SMILES string of the molecule is COc1cc2c(cc1OC)N(CCN)CCCN2C. The van der Waals surface area contributed by atoms with Crippen molar-refractivity contribution >= 4 is 11.4 Å². The molecular formula is C14H23N3O2. The normalized spacial score (nSPS) is 14.9. The summed E-state index contributed by atoms with van der Waals surface area (Å²) < 4.78 is 10.8. The van der Waals surface area contributed by atoms with Crippen molar-refractivity contribution in [2.75, 3.05) is 57.2 Å². The van der Waals surface area contributed by atoms with Crippen LogP contribution in [0.5, 0.6) is 11.5 Å². The highest BCUT2D eigenvalue weighted by Crippen LogP contribution is 2.41. The number of anilines is 2. The lowest BCUT2D eigenvalue weighted by molar-refractivity contribution is 0.355. The van der Waals surface area contributed by atoms with Crippen LogP contribution in [-0.2, 0) is 0 Å². The number of ether oxygens (including phenoxy) is 2. The molecule has 2 rings (SSSR count). The molecule has 5 heteroatoms. The lowest BCUT2D eigenvalue weighted by Crippen LogP contribution is -2.29. The van der Waals surface area contributed by atoms with Gasteiger partial charge in [0.15, 0.2) is 11.5 Å². The van der Waals surface area contributed by atoms with Crippen molar-refractivity contribution in [1.82, 2.24) is 0 Å². The smallest absolute Gasteiger partial charge is 0.162 e. The van der Waals surface area contributed by atoms with E-state index in [0.29, 0.717) is 6.54 Å². The summed E-state index contributed by atoms with van der Waals surface area (Å²) in [4.78, 5) is 4.58. The Morgan fingerprint density at radius 3 is 2.32 bits per heavy atom. The van der Waals surface area contributed by atoms with Gasteiger partial charge in [-0.1, -0.05) is 0 Å². The molecule has 0 saturated heterocycles. The topological polar surface area (TPSA) is 51.0 Å². The lowest BCUT2D eigenvalue weighted by atomic mass is 10.2. The Hall–Kier alpha value is -1.62. The van der Waals surface area contributed by atoms with Crippen LogP contribution < -0.4 is 25.0 Å². The summed E-state index contributed by atoms with van der Waals surface area (Å²) in [5.74, 6) is 1.53. The Kier molecular flexibility index (Phi) is 4.37. The predicted molar refractivity (Wildman–Crippen MR) is 78.7 cm³/mol. The molecule has 0 unspecified atom stereocenters. The van der Waals surface area contributed by atoms with Crippen LogP contribution >= 0.6 is 0 Å². The summed E-state index contributed by atoms with van der Waals surface area (Å²) in [6.07, 6.45) is 1.12. The van der Waals surface area contributed by atoms with Gasteiger partial charge in [0.05, 0.1) is 25.6 Å². The van der Waals surface area contributed by atoms with Gasteiger partial charge < -0.3 is 25.0 Å². The van der Waals surface area contributed by atoms with Gasteiger partial charge in [0, 0.05) is 45.4 Å². The molecule has 0 saturated carbocycles. The van der Waals surface area contributed by atoms with Crippen LogP contribution in [0.1, 0.15) is 6.42 Å². The number of hydrogen-bond acceptors (Lipinski definition) is 5. The second kappa shape index (κ2) is 6.02. The zero-order chi connectivity index (χ0) is 13.8. The van der Waals surface area contributed by atoms with Crippen LogP contribution in [0, 0.1) is 0 Å². The van der Waals surface area contributed by atoms with E-state index in [4.69, 9.17) is 15.2 Å². The molecule has 0 spiro atoms. The van der Waals surface area contributed by atoms with Crippen LogP contribution in [0.2, 0.25) is 0 Å². The molecule has 0 bridgehead atoms. The van der Waals surface area contributed by atoms with Crippen LogP contribution in [0.3, 0.4) is 0 Å². The highest BCUT2D eigenvalue weighted by molar-refractivity contribution is 5.76. The molecule has 0 aliphatic carbocycles. The molecule has 1 aliphatic rings. The van der Waals surface area contributed by atoms with Crippen LogP contribution in [-0.4, -0.2) is 47.4 Å². The third-order valence-corrected chi connectivity index (χ3v) is 3.55. The molecule has 2 N–H and O–H groups in total. The molecule has 0 amide bonds. The second-order valence-corrected chi connectivity index (χ2v) is 4.75. The highest BCUT2D eigenvalue weighted by Gasteiger charge is 2.21. The lowest BCUT2D eigenvalue weighted by Gasteiger charge is -2.26. The van der Waals surface area contributed by atoms with E-state index in [1.807, 2.05) is 12.1 Å². The van der Waals surface area contributed by atoms with Crippen LogP contribution in [0.15, 0.2) is 12.1 Å². The van der Waals surface area contributed by atoms with Gasteiger partial charge in [0.1, 0.15) is 0 Å². The Bertz CT molecular complexity index is 437. The summed E-state index contributed by atoms with van der Waals surface area (Å²) in [6, 6.07) is 4.09. The molecule has 1 heterocycles. The van der Waals surface area contributed by atoms with Gasteiger partial charge in [-0.3, -0.25) is 0 Å². The predicted octanol–water partition coefficient (Wildman–Crippen LogP) is 1.31. The van der Waals surface area contributed by atoms with Crippen molar-refractivity contribution in [2.24, 2.45) is 5.73 Å². The van der Waals surface area contributed by atoms with Crippen molar-refractivity contribution in [1.29, 1.82) is 0 Å². The van der Waals surface area contributed by atoms with E-state index in [1.165, 1.54) is 11.4 Å². The van der Waals surface area contributed by atoms with Crippen molar-refractivity contribution < 1.29 is 9.47 Å². The first-order valence-corrected chi connectivity index (χ1v) is 6.63. The van der Waals surface area contributed by atoms with Gasteiger partial charge >= 0.3 is 0 Å². The third-order valence-electron chi connectivity index (χ3n) is 3.55. The molecule has 5 nitrogen and oxygen atoms in total. The first-order valence-electron chi connectivity index (χ1n) is 6.63. The molecule has 19 heavy (non-hydrogen) atoms. The molecule has 0 atom stereocenters. The molecule has 0 radical (unpaired) electrons. The first-order chi connectivity index (χ1) is 9.21. The summed E-state index contributed by atoms with van der Waals surface area (Å²) in [7, 11) is 5.44. The van der Waals surface area contributed by atoms with Crippen LogP contribution in [0.25, 0.3) is 0 Å². The van der Waals surface area contributed by atoms with Gasteiger partial charge in [-0.2, -0.15) is 0 Å². The third kappa shape index (κ3) is 2.71. The van der Waals surface area contributed by atoms with Gasteiger partial charge in [-0.15, -0.1) is 0 Å². The highest BCUT2D eigenvalue weighted by atomic mass is 16.5. The summed E-state index contributed by atoms with van der Waals surface area (Å²) in [6.45, 7) is 3.56. The van der Waals surface area contributed by atoms with E-state index in [-0.39, 0.29) is 0 Å². The summed E-state index contributed by atoms with van der Waals surface area (Å²) >= 11 is 0. The number of benzene rings is 1. The fourth-order valence-corrected chi connectivity index (χ4v) is 2.54. The first kappa shape index (κ1) is 13.8. The maximum absolute atomic E-state index is 5.72. The monoisotopic (exact) mass is 265 g/mol. The molecule has 0 aromatic heterocycles. The van der Waals surface area contributed by atoms with Gasteiger partial charge in [-0.05, 0) is 6.42 Å². The Balaban J connectivity index is 2.49. The van der Waals surface area contributed by atoms with Crippen molar-refractivity contribution in [3.8, 4) is 11.5 Å². The minimum absolute atomic E-state index is 0.650. The minimum atomic E-state index is 0.650. The standard InChI is InChI=1S/C14H23N3O2/c1-16-6-4-7-17(8-5-15)12-10-14(19-3)13(18-2)9-11(12)16/h9-10H,4-8,15H2,1-3H3. The van der Waals surface area contributed by atoms with Gasteiger partial charge in [0.25, 0.3) is 0 Å². The summed E-state index contributed by atoms with van der Waals surface area (Å²) in [5, 5.41) is 0. The average molecular weight is 265 g/mol. The van der Waals surface area contributed by atoms with E-state index in [9.17, 15) is 0 Å². The Morgan fingerprint density at radius 2 is 1.74 bits per heavy atom. The van der Waals surface area contributed by atoms with E-state index in [2.05, 4.69) is 16.8 Å². The number of fused-ring (bicyclic) bond motifs is 1. The van der Waals surface area contributed by atoms with Crippen molar-refractivity contribution in [3.63, 3.8) is 0 Å². The molecule has 1 aromatic rings. The Morgan fingerprint density at radius 1 is 1.11 bits per heavy atom. The molecule has 1 aromatic carbocycles. The van der Waals surface area contributed by atoms with Crippen molar-refractivity contribution in [3.05, 3.63) is 12.1 Å². The van der Waals surface area contributed by atoms with Crippen molar-refractivity contribution in [2.45, 2.75) is 6.42 Å². The number of hydrogen-bond donors (Lipinski definition) is 1. The maximum Gasteiger partial charge on any atom is 0.162 e. The number of nitrogens with zero attached hydrogens (tertiary/aromatic N) is 2. The second-order valence-electron chi connectivity index (χ2n) is 4.75. The number of rotatable bonds is 4.